The fourth-order valence-electron chi connectivity index (χ4n) is 4.89. The van der Waals surface area contributed by atoms with Gasteiger partial charge in [-0.15, -0.1) is 12.4 Å². The molecule has 1 N–H and O–H groups in total. The monoisotopic (exact) mass is 368 g/mol. The van der Waals surface area contributed by atoms with Crippen LogP contribution in [-0.4, -0.2) is 37.0 Å². The molecule has 2 heterocycles. The minimum atomic E-state index is -0.338. The lowest BCUT2D eigenvalue weighted by atomic mass is 9.68. The number of fused-ring (bicyclic) bond motifs is 1. The Morgan fingerprint density at radius 3 is 2.42 bits per heavy atom. The molecule has 0 spiro atoms. The zero-order valence-electron chi connectivity index (χ0n) is 14.0. The number of hydrogen-bond acceptors (Lipinski definition) is 2. The van der Waals surface area contributed by atoms with E-state index in [1.54, 1.807) is 0 Å². The van der Waals surface area contributed by atoms with Crippen molar-refractivity contribution in [3.05, 3.63) is 34.9 Å². The number of carbonyl (C=O) groups excluding carboxylic acids is 1. The molecule has 1 aliphatic carbocycles. The van der Waals surface area contributed by atoms with Gasteiger partial charge in [0.1, 0.15) is 0 Å². The summed E-state index contributed by atoms with van der Waals surface area (Å²) in [5.41, 5.74) is 0.791. The number of nitrogens with one attached hydrogen (secondary N) is 1. The highest BCUT2D eigenvalue weighted by molar-refractivity contribution is 6.30. The number of likely N-dealkylation sites (tertiary alicyclic amines) is 1. The first-order chi connectivity index (χ1) is 11.2. The molecule has 3 nitrogen and oxygen atoms in total. The molecule has 2 aliphatic heterocycles. The number of hydrogen-bond donors (Lipinski definition) is 1. The highest BCUT2D eigenvalue weighted by atomic mass is 35.5. The lowest BCUT2D eigenvalue weighted by molar-refractivity contribution is -0.138. The summed E-state index contributed by atoms with van der Waals surface area (Å²) in [6.07, 6.45) is 5.46. The van der Waals surface area contributed by atoms with Crippen molar-refractivity contribution in [1.29, 1.82) is 0 Å². The summed E-state index contributed by atoms with van der Waals surface area (Å²) in [5.74, 6) is 1.66. The predicted molar refractivity (Wildman–Crippen MR) is 99.9 cm³/mol. The molecule has 2 saturated heterocycles. The molecule has 1 aromatic rings. The molecule has 1 saturated carbocycles. The average molecular weight is 369 g/mol. The molecular formula is C19H26Cl2N2O. The smallest absolute Gasteiger partial charge is 0.233 e. The third kappa shape index (κ3) is 3.07. The fraction of sp³-hybridized carbons (Fsp3) is 0.632. The van der Waals surface area contributed by atoms with E-state index in [-0.39, 0.29) is 17.8 Å². The van der Waals surface area contributed by atoms with Gasteiger partial charge in [-0.1, -0.05) is 43.0 Å². The highest BCUT2D eigenvalue weighted by Crippen LogP contribution is 2.43. The van der Waals surface area contributed by atoms with Gasteiger partial charge in [-0.3, -0.25) is 4.79 Å². The molecule has 2 atom stereocenters. The Kier molecular flexibility index (Phi) is 5.43. The lowest BCUT2D eigenvalue weighted by Gasteiger charge is -2.39. The third-order valence-electron chi connectivity index (χ3n) is 6.17. The minimum Gasteiger partial charge on any atom is -0.341 e. The Balaban J connectivity index is 0.00000169. The number of amides is 1. The van der Waals surface area contributed by atoms with Gasteiger partial charge in [-0.2, -0.15) is 0 Å². The highest BCUT2D eigenvalue weighted by Gasteiger charge is 2.47. The second-order valence-electron chi connectivity index (χ2n) is 7.54. The second kappa shape index (κ2) is 7.23. The summed E-state index contributed by atoms with van der Waals surface area (Å²) >= 11 is 6.24. The van der Waals surface area contributed by atoms with Crippen LogP contribution in [0.4, 0.5) is 0 Å². The van der Waals surface area contributed by atoms with Crippen molar-refractivity contribution in [2.45, 2.75) is 37.5 Å². The van der Waals surface area contributed by atoms with E-state index in [1.807, 2.05) is 18.2 Å². The van der Waals surface area contributed by atoms with Gasteiger partial charge in [0.05, 0.1) is 5.41 Å². The summed E-state index contributed by atoms with van der Waals surface area (Å²) in [6, 6.07) is 8.01. The van der Waals surface area contributed by atoms with Gasteiger partial charge in [0.15, 0.2) is 0 Å². The molecule has 0 unspecified atom stereocenters. The molecule has 3 aliphatic rings. The Labute approximate surface area is 155 Å². The Bertz CT molecular complexity index is 589. The maximum absolute atomic E-state index is 13.5. The molecule has 132 valence electrons. The molecular weight excluding hydrogens is 343 g/mol. The van der Waals surface area contributed by atoms with Crippen molar-refractivity contribution < 1.29 is 4.79 Å². The third-order valence-corrected chi connectivity index (χ3v) is 6.41. The van der Waals surface area contributed by atoms with E-state index in [0.29, 0.717) is 17.7 Å². The number of rotatable bonds is 2. The Hall–Kier alpha value is -0.770. The van der Waals surface area contributed by atoms with Gasteiger partial charge in [0, 0.05) is 31.2 Å². The SMILES string of the molecule is Cl.O=C(N1C[C@H]2CNC[C@H]2C1)C1(c2cccc(Cl)c2)CCCCC1. The normalized spacial score (nSPS) is 28.3. The van der Waals surface area contributed by atoms with E-state index < -0.39 is 0 Å². The van der Waals surface area contributed by atoms with E-state index in [1.165, 1.54) is 6.42 Å². The van der Waals surface area contributed by atoms with Crippen LogP contribution in [0.1, 0.15) is 37.7 Å². The van der Waals surface area contributed by atoms with E-state index in [9.17, 15) is 4.79 Å². The molecule has 5 heteroatoms. The van der Waals surface area contributed by atoms with Crippen LogP contribution in [0, 0.1) is 11.8 Å². The topological polar surface area (TPSA) is 32.3 Å². The standard InChI is InChI=1S/C19H25ClN2O.ClH/c20-17-6-4-5-16(9-17)19(7-2-1-3-8-19)18(23)22-12-14-10-21-11-15(14)13-22;/h4-6,9,14-15,21H,1-3,7-8,10-13H2;1H/t14-,15+;. The zero-order valence-corrected chi connectivity index (χ0v) is 15.5. The van der Waals surface area contributed by atoms with Crippen molar-refractivity contribution in [3.8, 4) is 0 Å². The molecule has 1 aromatic carbocycles. The number of benzene rings is 1. The van der Waals surface area contributed by atoms with Crippen LogP contribution in [0.15, 0.2) is 24.3 Å². The Morgan fingerprint density at radius 2 is 1.79 bits per heavy atom. The molecule has 0 aromatic heterocycles. The van der Waals surface area contributed by atoms with Gasteiger partial charge >= 0.3 is 0 Å². The van der Waals surface area contributed by atoms with Gasteiger partial charge in [-0.05, 0) is 42.4 Å². The maximum atomic E-state index is 13.5. The van der Waals surface area contributed by atoms with Gasteiger partial charge < -0.3 is 10.2 Å². The molecule has 0 bridgehead atoms. The molecule has 4 rings (SSSR count). The van der Waals surface area contributed by atoms with Crippen molar-refractivity contribution in [2.24, 2.45) is 11.8 Å². The molecule has 24 heavy (non-hydrogen) atoms. The summed E-state index contributed by atoms with van der Waals surface area (Å²) in [4.78, 5) is 15.7. The first kappa shape index (κ1) is 18.0. The molecule has 1 amide bonds. The van der Waals surface area contributed by atoms with Crippen LogP contribution in [0.3, 0.4) is 0 Å². The second-order valence-corrected chi connectivity index (χ2v) is 7.98. The van der Waals surface area contributed by atoms with Crippen LogP contribution >= 0.6 is 24.0 Å². The van der Waals surface area contributed by atoms with Crippen LogP contribution in [0.5, 0.6) is 0 Å². The fourth-order valence-corrected chi connectivity index (χ4v) is 5.08. The first-order valence-corrected chi connectivity index (χ1v) is 9.33. The first-order valence-electron chi connectivity index (χ1n) is 8.95. The minimum absolute atomic E-state index is 0. The van der Waals surface area contributed by atoms with Gasteiger partial charge in [-0.25, -0.2) is 0 Å². The van der Waals surface area contributed by atoms with Crippen molar-refractivity contribution in [3.63, 3.8) is 0 Å². The summed E-state index contributed by atoms with van der Waals surface area (Å²) < 4.78 is 0. The quantitative estimate of drug-likeness (QED) is 0.863. The number of carbonyl (C=O) groups is 1. The summed E-state index contributed by atoms with van der Waals surface area (Å²) in [7, 11) is 0. The van der Waals surface area contributed by atoms with Crippen molar-refractivity contribution >= 4 is 29.9 Å². The van der Waals surface area contributed by atoms with E-state index in [0.717, 1.165) is 62.4 Å². The van der Waals surface area contributed by atoms with Gasteiger partial charge in [0.2, 0.25) is 5.91 Å². The Morgan fingerprint density at radius 1 is 1.12 bits per heavy atom. The van der Waals surface area contributed by atoms with Crippen LogP contribution in [-0.2, 0) is 10.2 Å². The number of nitrogens with zero attached hydrogens (tertiary/aromatic N) is 1. The average Bonchev–Trinajstić information content (AvgIpc) is 3.16. The van der Waals surface area contributed by atoms with E-state index in [2.05, 4.69) is 16.3 Å². The largest absolute Gasteiger partial charge is 0.341 e. The predicted octanol–water partition coefficient (Wildman–Crippen LogP) is 3.64. The van der Waals surface area contributed by atoms with E-state index in [4.69, 9.17) is 11.6 Å². The van der Waals surface area contributed by atoms with Crippen LogP contribution in [0.2, 0.25) is 5.02 Å². The van der Waals surface area contributed by atoms with Crippen molar-refractivity contribution in [1.82, 2.24) is 10.2 Å². The van der Waals surface area contributed by atoms with E-state index >= 15 is 0 Å². The van der Waals surface area contributed by atoms with Crippen LogP contribution < -0.4 is 5.32 Å². The summed E-state index contributed by atoms with van der Waals surface area (Å²) in [6.45, 7) is 3.99. The molecule has 3 fully saturated rings. The lowest BCUT2D eigenvalue weighted by Crippen LogP contribution is -2.48. The zero-order chi connectivity index (χ0) is 15.9. The molecule has 0 radical (unpaired) electrons. The summed E-state index contributed by atoms with van der Waals surface area (Å²) in [5, 5.41) is 4.20. The van der Waals surface area contributed by atoms with Crippen LogP contribution in [0.25, 0.3) is 0 Å². The van der Waals surface area contributed by atoms with Crippen molar-refractivity contribution in [2.75, 3.05) is 26.2 Å². The van der Waals surface area contributed by atoms with Gasteiger partial charge in [0.25, 0.3) is 0 Å². The number of halogens is 2. The maximum Gasteiger partial charge on any atom is 0.233 e.